The van der Waals surface area contributed by atoms with E-state index in [2.05, 4.69) is 5.32 Å². The van der Waals surface area contributed by atoms with Crippen LogP contribution in [0.2, 0.25) is 0 Å². The van der Waals surface area contributed by atoms with Gasteiger partial charge in [0.2, 0.25) is 5.91 Å². The van der Waals surface area contributed by atoms with Crippen LogP contribution in [-0.2, 0) is 4.79 Å². The largest absolute Gasteiger partial charge is 0.490 e. The summed E-state index contributed by atoms with van der Waals surface area (Å²) < 4.78 is 5.99. The fourth-order valence-corrected chi connectivity index (χ4v) is 3.51. The van der Waals surface area contributed by atoms with E-state index >= 15 is 0 Å². The number of carbonyl (C=O) groups excluding carboxylic acids is 1. The van der Waals surface area contributed by atoms with E-state index in [1.807, 2.05) is 24.3 Å². The highest BCUT2D eigenvalue weighted by Gasteiger charge is 2.35. The van der Waals surface area contributed by atoms with Crippen LogP contribution in [0.1, 0.15) is 57.8 Å². The second-order valence-corrected chi connectivity index (χ2v) is 6.72. The molecule has 1 aromatic rings. The molecule has 1 amide bonds. The van der Waals surface area contributed by atoms with Crippen LogP contribution in [0, 0.1) is 0 Å². The molecule has 1 aromatic carbocycles. The highest BCUT2D eigenvalue weighted by atomic mass is 35.5. The third-order valence-corrected chi connectivity index (χ3v) is 4.89. The maximum Gasteiger partial charge on any atom is 0.244 e. The number of amides is 1. The van der Waals surface area contributed by atoms with E-state index in [9.17, 15) is 4.79 Å². The zero-order chi connectivity index (χ0) is 15.4. The van der Waals surface area contributed by atoms with Crippen molar-refractivity contribution < 1.29 is 9.53 Å². The second kappa shape index (κ2) is 8.02. The van der Waals surface area contributed by atoms with E-state index in [-0.39, 0.29) is 18.3 Å². The summed E-state index contributed by atoms with van der Waals surface area (Å²) in [7, 11) is 0. The van der Waals surface area contributed by atoms with E-state index in [0.29, 0.717) is 6.10 Å². The first-order valence-corrected chi connectivity index (χ1v) is 8.53. The number of hydrogen-bond acceptors (Lipinski definition) is 3. The Morgan fingerprint density at radius 1 is 1.13 bits per heavy atom. The van der Waals surface area contributed by atoms with Crippen LogP contribution < -0.4 is 15.8 Å². The summed E-state index contributed by atoms with van der Waals surface area (Å²) >= 11 is 0. The van der Waals surface area contributed by atoms with Crippen molar-refractivity contribution in [2.45, 2.75) is 69.4 Å². The minimum absolute atomic E-state index is 0. The number of halogens is 1. The van der Waals surface area contributed by atoms with Gasteiger partial charge in [-0.15, -0.1) is 12.4 Å². The van der Waals surface area contributed by atoms with Gasteiger partial charge in [0.1, 0.15) is 5.75 Å². The first kappa shape index (κ1) is 18.1. The summed E-state index contributed by atoms with van der Waals surface area (Å²) in [4.78, 5) is 12.5. The predicted octanol–water partition coefficient (Wildman–Crippen LogP) is 4.03. The van der Waals surface area contributed by atoms with Crippen molar-refractivity contribution in [3.8, 4) is 5.75 Å². The van der Waals surface area contributed by atoms with Crippen LogP contribution >= 0.6 is 12.4 Å². The molecule has 0 bridgehead atoms. The maximum atomic E-state index is 12.5. The Kier molecular flexibility index (Phi) is 6.31. The van der Waals surface area contributed by atoms with Crippen LogP contribution in [0.3, 0.4) is 0 Å². The zero-order valence-electron chi connectivity index (χ0n) is 13.6. The van der Waals surface area contributed by atoms with E-state index in [1.54, 1.807) is 0 Å². The molecular formula is C18H27ClN2O2. The van der Waals surface area contributed by atoms with Gasteiger partial charge in [0, 0.05) is 11.8 Å². The Bertz CT molecular complexity index is 524. The summed E-state index contributed by atoms with van der Waals surface area (Å²) in [5, 5.41) is 2.97. The van der Waals surface area contributed by atoms with Gasteiger partial charge in [-0.25, -0.2) is 0 Å². The summed E-state index contributed by atoms with van der Waals surface area (Å²) in [5.41, 5.74) is 6.34. The SMILES string of the molecule is Cl.NC1(C(=O)Nc2cccc(OC3CCCC3)c2)CCCCC1. The van der Waals surface area contributed by atoms with Gasteiger partial charge < -0.3 is 15.8 Å². The van der Waals surface area contributed by atoms with Gasteiger partial charge in [0.05, 0.1) is 11.6 Å². The molecule has 23 heavy (non-hydrogen) atoms. The molecule has 3 rings (SSSR count). The van der Waals surface area contributed by atoms with Crippen molar-refractivity contribution in [1.82, 2.24) is 0 Å². The molecule has 0 aromatic heterocycles. The Morgan fingerprint density at radius 2 is 1.83 bits per heavy atom. The van der Waals surface area contributed by atoms with Crippen molar-refractivity contribution in [3.63, 3.8) is 0 Å². The number of carbonyl (C=O) groups is 1. The average Bonchev–Trinajstić information content (AvgIpc) is 3.01. The van der Waals surface area contributed by atoms with Crippen LogP contribution in [0.25, 0.3) is 0 Å². The number of hydrogen-bond donors (Lipinski definition) is 2. The smallest absolute Gasteiger partial charge is 0.244 e. The molecule has 3 N–H and O–H groups in total. The van der Waals surface area contributed by atoms with Gasteiger partial charge in [-0.1, -0.05) is 25.3 Å². The summed E-state index contributed by atoms with van der Waals surface area (Å²) in [6.07, 6.45) is 9.87. The van der Waals surface area contributed by atoms with Gasteiger partial charge in [-0.2, -0.15) is 0 Å². The first-order valence-electron chi connectivity index (χ1n) is 8.53. The van der Waals surface area contributed by atoms with Crippen LogP contribution in [0.4, 0.5) is 5.69 Å². The third kappa shape index (κ3) is 4.61. The van der Waals surface area contributed by atoms with Crippen LogP contribution in [0.5, 0.6) is 5.75 Å². The number of nitrogens with two attached hydrogens (primary N) is 1. The highest BCUT2D eigenvalue weighted by molar-refractivity contribution is 5.98. The van der Waals surface area contributed by atoms with Gasteiger partial charge in [-0.3, -0.25) is 4.79 Å². The highest BCUT2D eigenvalue weighted by Crippen LogP contribution is 2.29. The molecule has 0 unspecified atom stereocenters. The second-order valence-electron chi connectivity index (χ2n) is 6.72. The third-order valence-electron chi connectivity index (χ3n) is 4.89. The van der Waals surface area contributed by atoms with Gasteiger partial charge in [0.25, 0.3) is 0 Å². The van der Waals surface area contributed by atoms with Crippen molar-refractivity contribution in [3.05, 3.63) is 24.3 Å². The molecule has 0 atom stereocenters. The molecule has 2 fully saturated rings. The molecule has 0 heterocycles. The molecule has 128 valence electrons. The minimum Gasteiger partial charge on any atom is -0.490 e. The molecule has 2 aliphatic rings. The van der Waals surface area contributed by atoms with Crippen LogP contribution in [0.15, 0.2) is 24.3 Å². The van der Waals surface area contributed by atoms with Gasteiger partial charge in [-0.05, 0) is 50.7 Å². The van der Waals surface area contributed by atoms with Crippen molar-refractivity contribution in [1.29, 1.82) is 0 Å². The molecule has 5 heteroatoms. The standard InChI is InChI=1S/C18H26N2O2.ClH/c19-18(11-4-1-5-12-18)17(21)20-14-7-6-10-16(13-14)22-15-8-2-3-9-15;/h6-7,10,13,15H,1-5,8-9,11-12,19H2,(H,20,21);1H. The maximum absolute atomic E-state index is 12.5. The van der Waals surface area contributed by atoms with Crippen molar-refractivity contribution in [2.75, 3.05) is 5.32 Å². The summed E-state index contributed by atoms with van der Waals surface area (Å²) in [6, 6.07) is 7.67. The molecule has 4 nitrogen and oxygen atoms in total. The summed E-state index contributed by atoms with van der Waals surface area (Å²) in [5.74, 6) is 0.768. The number of anilines is 1. The average molecular weight is 339 g/mol. The lowest BCUT2D eigenvalue weighted by atomic mass is 9.82. The Labute approximate surface area is 144 Å². The lowest BCUT2D eigenvalue weighted by Gasteiger charge is -2.31. The number of nitrogens with one attached hydrogen (secondary N) is 1. The Balaban J connectivity index is 0.00000192. The lowest BCUT2D eigenvalue weighted by molar-refractivity contribution is -0.122. The Morgan fingerprint density at radius 3 is 2.52 bits per heavy atom. The molecular weight excluding hydrogens is 312 g/mol. The van der Waals surface area contributed by atoms with Gasteiger partial charge >= 0.3 is 0 Å². The lowest BCUT2D eigenvalue weighted by Crippen LogP contribution is -2.52. The number of rotatable bonds is 4. The normalized spacial score (nSPS) is 20.6. The molecule has 0 aliphatic heterocycles. The molecule has 2 saturated carbocycles. The van der Waals surface area contributed by atoms with E-state index in [1.165, 1.54) is 19.3 Å². The van der Waals surface area contributed by atoms with E-state index in [4.69, 9.17) is 10.5 Å². The minimum atomic E-state index is -0.708. The number of ether oxygens (including phenoxy) is 1. The molecule has 0 spiro atoms. The van der Waals surface area contributed by atoms with Crippen LogP contribution in [-0.4, -0.2) is 17.6 Å². The van der Waals surface area contributed by atoms with E-state index in [0.717, 1.165) is 50.0 Å². The molecule has 0 saturated heterocycles. The number of benzene rings is 1. The molecule has 0 radical (unpaired) electrons. The first-order chi connectivity index (χ1) is 10.7. The monoisotopic (exact) mass is 338 g/mol. The quantitative estimate of drug-likeness (QED) is 0.871. The fourth-order valence-electron chi connectivity index (χ4n) is 3.51. The predicted molar refractivity (Wildman–Crippen MR) is 95.2 cm³/mol. The van der Waals surface area contributed by atoms with Crippen molar-refractivity contribution in [2.24, 2.45) is 5.73 Å². The topological polar surface area (TPSA) is 64.4 Å². The van der Waals surface area contributed by atoms with Crippen molar-refractivity contribution >= 4 is 24.0 Å². The van der Waals surface area contributed by atoms with E-state index < -0.39 is 5.54 Å². The summed E-state index contributed by atoms with van der Waals surface area (Å²) in [6.45, 7) is 0. The van der Waals surface area contributed by atoms with Gasteiger partial charge in [0.15, 0.2) is 0 Å². The molecule has 2 aliphatic carbocycles. The zero-order valence-corrected chi connectivity index (χ0v) is 14.4. The Hall–Kier alpha value is -1.26. The fraction of sp³-hybridized carbons (Fsp3) is 0.611.